The number of hydrogen-bond acceptors (Lipinski definition) is 1. The second kappa shape index (κ2) is 8.41. The van der Waals surface area contributed by atoms with Gasteiger partial charge in [-0.05, 0) is 63.6 Å². The fourth-order valence-electron chi connectivity index (χ4n) is 0.516. The fourth-order valence-corrected chi connectivity index (χ4v) is 1.41. The SMILES string of the molecule is CC(C)C(C)(F)C=C(Br)Br.CC(C)C(C)(F)C=O. The Labute approximate surface area is 126 Å². The molecule has 0 saturated heterocycles. The number of carbonyl (C=O) groups is 1. The van der Waals surface area contributed by atoms with Crippen LogP contribution >= 0.6 is 31.9 Å². The number of allylic oxidation sites excluding steroid dienone is 1. The number of alkyl halides is 2. The lowest BCUT2D eigenvalue weighted by Gasteiger charge is -2.20. The van der Waals surface area contributed by atoms with Crippen LogP contribution in [-0.2, 0) is 4.79 Å². The average molecular weight is 392 g/mol. The summed E-state index contributed by atoms with van der Waals surface area (Å²) in [6.07, 6.45) is 1.86. The molecule has 2 unspecified atom stereocenters. The molecule has 0 amide bonds. The summed E-state index contributed by atoms with van der Waals surface area (Å²) in [6, 6.07) is 0. The third-order valence-corrected chi connectivity index (χ3v) is 3.34. The average Bonchev–Trinajstić information content (AvgIpc) is 2.16. The van der Waals surface area contributed by atoms with Crippen LogP contribution < -0.4 is 0 Å². The lowest BCUT2D eigenvalue weighted by Crippen LogP contribution is -2.26. The summed E-state index contributed by atoms with van der Waals surface area (Å²) in [5.74, 6) is -0.224. The smallest absolute Gasteiger partial charge is 0.165 e. The van der Waals surface area contributed by atoms with Crippen LogP contribution in [0.5, 0.6) is 0 Å². The van der Waals surface area contributed by atoms with Crippen molar-refractivity contribution in [1.82, 2.24) is 0 Å². The molecule has 18 heavy (non-hydrogen) atoms. The van der Waals surface area contributed by atoms with Crippen LogP contribution in [0.1, 0.15) is 41.5 Å². The van der Waals surface area contributed by atoms with Gasteiger partial charge < -0.3 is 0 Å². The highest BCUT2D eigenvalue weighted by molar-refractivity contribution is 9.28. The summed E-state index contributed by atoms with van der Waals surface area (Å²) in [4.78, 5) is 9.89. The van der Waals surface area contributed by atoms with Crippen molar-refractivity contribution in [3.05, 3.63) is 9.47 Å². The Morgan fingerprint density at radius 3 is 1.39 bits per heavy atom. The van der Waals surface area contributed by atoms with Gasteiger partial charge in [0.2, 0.25) is 0 Å². The molecule has 0 aromatic heterocycles. The number of hydrogen-bond donors (Lipinski definition) is 0. The van der Waals surface area contributed by atoms with Gasteiger partial charge in [-0.15, -0.1) is 0 Å². The van der Waals surface area contributed by atoms with Crippen LogP contribution in [-0.4, -0.2) is 17.6 Å². The highest BCUT2D eigenvalue weighted by Gasteiger charge is 2.26. The van der Waals surface area contributed by atoms with Crippen molar-refractivity contribution in [2.24, 2.45) is 11.8 Å². The van der Waals surface area contributed by atoms with Crippen LogP contribution in [0.3, 0.4) is 0 Å². The van der Waals surface area contributed by atoms with E-state index in [4.69, 9.17) is 0 Å². The van der Waals surface area contributed by atoms with Crippen molar-refractivity contribution in [3.63, 3.8) is 0 Å². The Bertz CT molecular complexity index is 281. The van der Waals surface area contributed by atoms with E-state index in [1.165, 1.54) is 13.0 Å². The third-order valence-electron chi connectivity index (χ3n) is 2.88. The van der Waals surface area contributed by atoms with Crippen LogP contribution in [0.25, 0.3) is 0 Å². The summed E-state index contributed by atoms with van der Waals surface area (Å²) < 4.78 is 26.6. The van der Waals surface area contributed by atoms with Crippen LogP contribution in [0.15, 0.2) is 9.47 Å². The zero-order chi connectivity index (χ0) is 15.1. The van der Waals surface area contributed by atoms with Crippen molar-refractivity contribution in [1.29, 1.82) is 0 Å². The minimum absolute atomic E-state index is 0.00222. The molecule has 0 rings (SSSR count). The van der Waals surface area contributed by atoms with E-state index in [9.17, 15) is 13.6 Å². The zero-order valence-corrected chi connectivity index (χ0v) is 14.9. The van der Waals surface area contributed by atoms with Crippen molar-refractivity contribution >= 4 is 38.1 Å². The summed E-state index contributed by atoms with van der Waals surface area (Å²) in [6.45, 7) is 9.88. The predicted octanol–water partition coefficient (Wildman–Crippen LogP) is 5.57. The van der Waals surface area contributed by atoms with Crippen molar-refractivity contribution in [3.8, 4) is 0 Å². The van der Waals surface area contributed by atoms with E-state index in [0.29, 0.717) is 9.68 Å². The molecule has 0 aromatic rings. The Morgan fingerprint density at radius 2 is 1.33 bits per heavy atom. The second-order valence-corrected chi connectivity index (χ2v) is 7.94. The van der Waals surface area contributed by atoms with E-state index in [1.54, 1.807) is 20.8 Å². The fraction of sp³-hybridized carbons (Fsp3) is 0.769. The Morgan fingerprint density at radius 1 is 1.00 bits per heavy atom. The third kappa shape index (κ3) is 9.20. The first-order valence-electron chi connectivity index (χ1n) is 5.74. The first-order chi connectivity index (χ1) is 7.86. The first-order valence-corrected chi connectivity index (χ1v) is 7.33. The number of aldehydes is 1. The molecular formula is C13H22Br2F2O. The number of carbonyl (C=O) groups excluding carboxylic acids is 1. The van der Waals surface area contributed by atoms with Gasteiger partial charge in [-0.2, -0.15) is 0 Å². The molecule has 108 valence electrons. The molecule has 5 heteroatoms. The topological polar surface area (TPSA) is 17.1 Å². The quantitative estimate of drug-likeness (QED) is 0.572. The second-order valence-electron chi connectivity index (χ2n) is 5.16. The van der Waals surface area contributed by atoms with Crippen LogP contribution in [0.2, 0.25) is 0 Å². The Hall–Kier alpha value is 0.230. The van der Waals surface area contributed by atoms with E-state index in [-0.39, 0.29) is 11.8 Å². The minimum Gasteiger partial charge on any atom is -0.300 e. The van der Waals surface area contributed by atoms with Crippen molar-refractivity contribution < 1.29 is 13.6 Å². The molecule has 0 fully saturated rings. The number of rotatable bonds is 4. The maximum Gasteiger partial charge on any atom is 0.165 e. The molecule has 2 atom stereocenters. The largest absolute Gasteiger partial charge is 0.300 e. The minimum atomic E-state index is -1.64. The van der Waals surface area contributed by atoms with E-state index >= 15 is 0 Å². The highest BCUT2D eigenvalue weighted by atomic mass is 79.9. The van der Waals surface area contributed by atoms with Crippen molar-refractivity contribution in [2.75, 3.05) is 0 Å². The molecule has 0 spiro atoms. The molecular weight excluding hydrogens is 370 g/mol. The van der Waals surface area contributed by atoms with E-state index < -0.39 is 11.3 Å². The van der Waals surface area contributed by atoms with E-state index in [1.807, 2.05) is 13.8 Å². The molecule has 0 aliphatic carbocycles. The first kappa shape index (κ1) is 20.5. The maximum absolute atomic E-state index is 13.3. The maximum atomic E-state index is 13.3. The van der Waals surface area contributed by atoms with Gasteiger partial charge in [0, 0.05) is 0 Å². The summed E-state index contributed by atoms with van der Waals surface area (Å²) >= 11 is 6.23. The van der Waals surface area contributed by atoms with Crippen LogP contribution in [0.4, 0.5) is 8.78 Å². The lowest BCUT2D eigenvalue weighted by molar-refractivity contribution is -0.119. The Kier molecular flexibility index (Phi) is 9.60. The molecule has 0 heterocycles. The lowest BCUT2D eigenvalue weighted by atomic mass is 9.95. The standard InChI is InChI=1S/C7H11Br2F.C6H11FO/c1-5(2)7(3,10)4-6(8)9;1-5(2)6(3,7)4-8/h4-5H,1-3H3;4-5H,1-3H3. The molecule has 0 N–H and O–H groups in total. The van der Waals surface area contributed by atoms with Gasteiger partial charge in [-0.25, -0.2) is 8.78 Å². The van der Waals surface area contributed by atoms with Gasteiger partial charge >= 0.3 is 0 Å². The molecule has 0 aromatic carbocycles. The van der Waals surface area contributed by atoms with Gasteiger partial charge in [-0.1, -0.05) is 27.7 Å². The Balaban J connectivity index is 0. The normalized spacial score (nSPS) is 17.3. The van der Waals surface area contributed by atoms with E-state index in [0.717, 1.165) is 0 Å². The molecule has 1 nitrogen and oxygen atoms in total. The van der Waals surface area contributed by atoms with Gasteiger partial charge in [0.25, 0.3) is 0 Å². The monoisotopic (exact) mass is 390 g/mol. The highest BCUT2D eigenvalue weighted by Crippen LogP contribution is 2.28. The molecule has 0 saturated carbocycles. The predicted molar refractivity (Wildman–Crippen MR) is 80.7 cm³/mol. The molecule has 0 bridgehead atoms. The summed E-state index contributed by atoms with van der Waals surface area (Å²) in [5.41, 5.74) is -2.87. The van der Waals surface area contributed by atoms with Gasteiger partial charge in [0.05, 0.1) is 3.39 Å². The van der Waals surface area contributed by atoms with Gasteiger partial charge in [0.1, 0.15) is 5.67 Å². The van der Waals surface area contributed by atoms with Gasteiger partial charge in [0.15, 0.2) is 12.0 Å². The van der Waals surface area contributed by atoms with E-state index in [2.05, 4.69) is 31.9 Å². The molecule has 0 aliphatic rings. The van der Waals surface area contributed by atoms with Crippen molar-refractivity contribution in [2.45, 2.75) is 52.9 Å². The van der Waals surface area contributed by atoms with Gasteiger partial charge in [-0.3, -0.25) is 4.79 Å². The summed E-state index contributed by atoms with van der Waals surface area (Å²) in [5, 5.41) is 0. The molecule has 0 aliphatic heterocycles. The van der Waals surface area contributed by atoms with Crippen LogP contribution in [0, 0.1) is 11.8 Å². The number of halogens is 4. The molecule has 0 radical (unpaired) electrons. The summed E-state index contributed by atoms with van der Waals surface area (Å²) in [7, 11) is 0. The zero-order valence-electron chi connectivity index (χ0n) is 11.7.